The molecule has 1 rings (SSSR count). The highest BCUT2D eigenvalue weighted by Gasteiger charge is 2.16. The fourth-order valence-corrected chi connectivity index (χ4v) is 1.61. The van der Waals surface area contributed by atoms with Crippen molar-refractivity contribution in [2.75, 3.05) is 26.2 Å². The molecule has 0 aromatic carbocycles. The molecule has 1 aliphatic heterocycles. The van der Waals surface area contributed by atoms with E-state index in [0.717, 1.165) is 45.4 Å². The lowest BCUT2D eigenvalue weighted by Crippen LogP contribution is -2.39. The number of carbonyl (C=O) groups excluding carboxylic acids is 1. The first-order chi connectivity index (χ1) is 6.34. The Labute approximate surface area is 80.5 Å². The smallest absolute Gasteiger partial charge is 0.222 e. The van der Waals surface area contributed by atoms with Crippen LogP contribution in [0.3, 0.4) is 0 Å². The average Bonchev–Trinajstić information content (AvgIpc) is 2.15. The Balaban J connectivity index is 2.08. The zero-order valence-corrected chi connectivity index (χ0v) is 8.51. The van der Waals surface area contributed by atoms with E-state index < -0.39 is 0 Å². The minimum absolute atomic E-state index is 0.338. The Hall–Kier alpha value is -0.570. The average molecular weight is 184 g/mol. The summed E-state index contributed by atoms with van der Waals surface area (Å²) in [6.07, 6.45) is 4.18. The van der Waals surface area contributed by atoms with Crippen LogP contribution in [0.1, 0.15) is 32.6 Å². The van der Waals surface area contributed by atoms with Gasteiger partial charge in [-0.15, -0.1) is 0 Å². The molecular formula is C10H20N2O. The zero-order valence-electron chi connectivity index (χ0n) is 8.51. The van der Waals surface area contributed by atoms with E-state index in [4.69, 9.17) is 0 Å². The molecule has 3 nitrogen and oxygen atoms in total. The Morgan fingerprint density at radius 3 is 2.92 bits per heavy atom. The lowest BCUT2D eigenvalue weighted by Gasteiger charge is -2.26. The van der Waals surface area contributed by atoms with Gasteiger partial charge in [0.25, 0.3) is 0 Å². The number of likely N-dealkylation sites (tertiary alicyclic amines) is 1. The molecule has 0 saturated carbocycles. The van der Waals surface area contributed by atoms with Crippen LogP contribution in [0.5, 0.6) is 0 Å². The molecule has 1 N–H and O–H groups in total. The van der Waals surface area contributed by atoms with Gasteiger partial charge < -0.3 is 10.2 Å². The van der Waals surface area contributed by atoms with Crippen molar-refractivity contribution in [1.29, 1.82) is 0 Å². The molecule has 0 unspecified atom stereocenters. The molecule has 3 heteroatoms. The molecule has 0 spiro atoms. The summed E-state index contributed by atoms with van der Waals surface area (Å²) in [7, 11) is 0. The summed E-state index contributed by atoms with van der Waals surface area (Å²) in [4.78, 5) is 13.3. The molecule has 1 amide bonds. The predicted molar refractivity (Wildman–Crippen MR) is 53.6 cm³/mol. The zero-order chi connectivity index (χ0) is 9.52. The summed E-state index contributed by atoms with van der Waals surface area (Å²) in [5, 5.41) is 3.31. The Morgan fingerprint density at radius 2 is 2.23 bits per heavy atom. The maximum absolute atomic E-state index is 11.4. The van der Waals surface area contributed by atoms with Gasteiger partial charge in [-0.2, -0.15) is 0 Å². The van der Waals surface area contributed by atoms with Crippen molar-refractivity contribution in [3.05, 3.63) is 0 Å². The van der Waals surface area contributed by atoms with E-state index in [-0.39, 0.29) is 0 Å². The molecule has 1 saturated heterocycles. The van der Waals surface area contributed by atoms with Gasteiger partial charge in [-0.25, -0.2) is 0 Å². The number of hydrogen-bond donors (Lipinski definition) is 1. The highest BCUT2D eigenvalue weighted by molar-refractivity contribution is 5.76. The molecule has 1 heterocycles. The second-order valence-electron chi connectivity index (χ2n) is 3.59. The summed E-state index contributed by atoms with van der Waals surface area (Å²) in [5.74, 6) is 0.338. The Kier molecular flexibility index (Phi) is 4.83. The third-order valence-electron chi connectivity index (χ3n) is 2.41. The molecule has 13 heavy (non-hydrogen) atoms. The van der Waals surface area contributed by atoms with Crippen LogP contribution in [0.25, 0.3) is 0 Å². The summed E-state index contributed by atoms with van der Waals surface area (Å²) in [6, 6.07) is 0. The lowest BCUT2D eigenvalue weighted by molar-refractivity contribution is -0.133. The van der Waals surface area contributed by atoms with Gasteiger partial charge in [-0.05, 0) is 25.8 Å². The first-order valence-corrected chi connectivity index (χ1v) is 5.33. The molecule has 0 bridgehead atoms. The highest BCUT2D eigenvalue weighted by atomic mass is 16.2. The van der Waals surface area contributed by atoms with Crippen molar-refractivity contribution in [1.82, 2.24) is 10.2 Å². The number of rotatable bonds is 5. The van der Waals surface area contributed by atoms with Crippen molar-refractivity contribution in [3.63, 3.8) is 0 Å². The highest BCUT2D eigenvalue weighted by Crippen LogP contribution is 2.09. The molecule has 0 aliphatic carbocycles. The number of nitrogens with one attached hydrogen (secondary N) is 1. The number of amides is 1. The van der Waals surface area contributed by atoms with E-state index in [0.29, 0.717) is 5.91 Å². The third kappa shape index (κ3) is 3.77. The van der Waals surface area contributed by atoms with E-state index in [1.807, 2.05) is 4.90 Å². The largest absolute Gasteiger partial charge is 0.341 e. The van der Waals surface area contributed by atoms with Gasteiger partial charge in [0.15, 0.2) is 0 Å². The first-order valence-electron chi connectivity index (χ1n) is 5.33. The lowest BCUT2D eigenvalue weighted by atomic mass is 10.1. The van der Waals surface area contributed by atoms with Gasteiger partial charge in [0.05, 0.1) is 0 Å². The van der Waals surface area contributed by atoms with Gasteiger partial charge >= 0.3 is 0 Å². The molecular weight excluding hydrogens is 164 g/mol. The number of piperidine rings is 1. The van der Waals surface area contributed by atoms with Crippen molar-refractivity contribution < 1.29 is 4.79 Å². The van der Waals surface area contributed by atoms with Crippen LogP contribution in [0, 0.1) is 0 Å². The van der Waals surface area contributed by atoms with Crippen LogP contribution in [0.15, 0.2) is 0 Å². The second-order valence-corrected chi connectivity index (χ2v) is 3.59. The number of nitrogens with zero attached hydrogens (tertiary/aromatic N) is 1. The van der Waals surface area contributed by atoms with Crippen LogP contribution in [0.4, 0.5) is 0 Å². The Bertz CT molecular complexity index is 159. The minimum atomic E-state index is 0.338. The predicted octanol–water partition coefficient (Wildman–Crippen LogP) is 0.998. The maximum atomic E-state index is 11.4. The fraction of sp³-hybridized carbons (Fsp3) is 0.900. The molecule has 76 valence electrons. The fourth-order valence-electron chi connectivity index (χ4n) is 1.61. The van der Waals surface area contributed by atoms with Crippen molar-refractivity contribution in [3.8, 4) is 0 Å². The van der Waals surface area contributed by atoms with E-state index in [1.165, 1.54) is 6.42 Å². The standard InChI is InChI=1S/C10H20N2O/c1-2-6-11-7-9-12-8-4-3-5-10(12)13/h11H,2-9H2,1H3. The van der Waals surface area contributed by atoms with E-state index in [2.05, 4.69) is 12.2 Å². The molecule has 0 aromatic rings. The molecule has 1 fully saturated rings. The van der Waals surface area contributed by atoms with Gasteiger partial charge in [0.1, 0.15) is 0 Å². The first kappa shape index (κ1) is 10.5. The molecule has 1 aliphatic rings. The topological polar surface area (TPSA) is 32.3 Å². The molecule has 0 radical (unpaired) electrons. The minimum Gasteiger partial charge on any atom is -0.341 e. The molecule has 0 atom stereocenters. The van der Waals surface area contributed by atoms with Crippen molar-refractivity contribution in [2.45, 2.75) is 32.6 Å². The monoisotopic (exact) mass is 184 g/mol. The van der Waals surface area contributed by atoms with Gasteiger partial charge in [0, 0.05) is 26.1 Å². The van der Waals surface area contributed by atoms with Crippen LogP contribution in [-0.4, -0.2) is 37.0 Å². The van der Waals surface area contributed by atoms with Gasteiger partial charge in [-0.3, -0.25) is 4.79 Å². The Morgan fingerprint density at radius 1 is 1.38 bits per heavy atom. The molecule has 0 aromatic heterocycles. The number of hydrogen-bond acceptors (Lipinski definition) is 2. The SMILES string of the molecule is CCCNCCN1CCCCC1=O. The van der Waals surface area contributed by atoms with E-state index in [9.17, 15) is 4.79 Å². The van der Waals surface area contributed by atoms with Crippen molar-refractivity contribution >= 4 is 5.91 Å². The summed E-state index contributed by atoms with van der Waals surface area (Å²) >= 11 is 0. The van der Waals surface area contributed by atoms with Crippen molar-refractivity contribution in [2.24, 2.45) is 0 Å². The maximum Gasteiger partial charge on any atom is 0.222 e. The normalized spacial score (nSPS) is 17.9. The summed E-state index contributed by atoms with van der Waals surface area (Å²) in [6.45, 7) is 6.01. The van der Waals surface area contributed by atoms with Crippen LogP contribution in [-0.2, 0) is 4.79 Å². The second kappa shape index (κ2) is 5.97. The summed E-state index contributed by atoms with van der Waals surface area (Å²) in [5.41, 5.74) is 0. The van der Waals surface area contributed by atoms with E-state index in [1.54, 1.807) is 0 Å². The van der Waals surface area contributed by atoms with Crippen LogP contribution < -0.4 is 5.32 Å². The van der Waals surface area contributed by atoms with Gasteiger partial charge in [0.2, 0.25) is 5.91 Å². The third-order valence-corrected chi connectivity index (χ3v) is 2.41. The van der Waals surface area contributed by atoms with Gasteiger partial charge in [-0.1, -0.05) is 6.92 Å². The van der Waals surface area contributed by atoms with Crippen LogP contribution >= 0.6 is 0 Å². The van der Waals surface area contributed by atoms with E-state index >= 15 is 0 Å². The quantitative estimate of drug-likeness (QED) is 0.646. The number of carbonyl (C=O) groups is 1. The van der Waals surface area contributed by atoms with Crippen LogP contribution in [0.2, 0.25) is 0 Å². The summed E-state index contributed by atoms with van der Waals surface area (Å²) < 4.78 is 0.